The van der Waals surface area contributed by atoms with E-state index in [2.05, 4.69) is 0 Å². The fraction of sp³-hybridized carbons (Fsp3) is 0.857. The molecule has 0 aromatic heterocycles. The maximum Gasteiger partial charge on any atom is 0.385 e. The Kier molecular flexibility index (Phi) is 4.03. The zero-order valence-electron chi connectivity index (χ0n) is 7.99. The maximum atomic E-state index is 12.5. The molecule has 0 aliphatic heterocycles. The molecule has 0 fully saturated rings. The van der Waals surface area contributed by atoms with Crippen molar-refractivity contribution < 1.29 is 43.9 Å². The third kappa shape index (κ3) is 2.17. The van der Waals surface area contributed by atoms with Crippen LogP contribution in [0.4, 0.5) is 43.9 Å². The molecule has 0 heterocycles. The third-order valence-electron chi connectivity index (χ3n) is 1.93. The van der Waals surface area contributed by atoms with Gasteiger partial charge in [0.25, 0.3) is 0 Å². The van der Waals surface area contributed by atoms with Gasteiger partial charge in [-0.05, 0) is 0 Å². The molecular weight excluding hydrogens is 274 g/mol. The van der Waals surface area contributed by atoms with Gasteiger partial charge < -0.3 is 0 Å². The molecule has 0 saturated carbocycles. The molecule has 0 amide bonds. The average Bonchev–Trinajstić information content (AvgIpc) is 2.16. The largest absolute Gasteiger partial charge is 0.385 e. The zero-order chi connectivity index (χ0) is 14.3. The second kappa shape index (κ2) is 4.20. The lowest BCUT2D eigenvalue weighted by Crippen LogP contribution is -2.62. The van der Waals surface area contributed by atoms with Crippen LogP contribution in [0.1, 0.15) is 13.3 Å². The molecule has 0 aromatic carbocycles. The summed E-state index contributed by atoms with van der Waals surface area (Å²) in [5.74, 6) is -25.7. The zero-order valence-corrected chi connectivity index (χ0v) is 7.99. The van der Waals surface area contributed by atoms with Crippen molar-refractivity contribution in [1.29, 1.82) is 0 Å². The van der Waals surface area contributed by atoms with Gasteiger partial charge in [-0.25, -0.2) is 0 Å². The normalized spacial score (nSPS) is 15.5. The Labute approximate surface area is 88.6 Å². The van der Waals surface area contributed by atoms with Crippen LogP contribution in [0.2, 0.25) is 0 Å². The number of alkyl halides is 8. The van der Waals surface area contributed by atoms with Gasteiger partial charge in [0.1, 0.15) is 0 Å². The summed E-state index contributed by atoms with van der Waals surface area (Å²) < 4.78 is 122. The van der Waals surface area contributed by atoms with Crippen LogP contribution in [0.25, 0.3) is 0 Å². The summed E-state index contributed by atoms with van der Waals surface area (Å²) in [7, 11) is 0. The molecule has 0 nitrogen and oxygen atoms in total. The number of rotatable bonds is 5. The van der Waals surface area contributed by atoms with Crippen LogP contribution in [0.15, 0.2) is 0 Å². The standard InChI is InChI=1S/C7H5F10/c1-2-4(10,11)6(14,15)7(16,17)5(12,13)3(8)9/h2H2,1H3. The molecule has 0 aliphatic carbocycles. The van der Waals surface area contributed by atoms with Gasteiger partial charge in [0, 0.05) is 6.42 Å². The summed E-state index contributed by atoms with van der Waals surface area (Å²) in [4.78, 5) is 0. The van der Waals surface area contributed by atoms with Crippen molar-refractivity contribution in [2.75, 3.05) is 0 Å². The van der Waals surface area contributed by atoms with Crippen LogP contribution >= 0.6 is 0 Å². The minimum absolute atomic E-state index is 0.317. The van der Waals surface area contributed by atoms with Gasteiger partial charge in [0.05, 0.1) is 0 Å². The van der Waals surface area contributed by atoms with Gasteiger partial charge in [0.15, 0.2) is 0 Å². The topological polar surface area (TPSA) is 0 Å². The van der Waals surface area contributed by atoms with E-state index in [0.717, 1.165) is 0 Å². The van der Waals surface area contributed by atoms with Crippen molar-refractivity contribution in [3.8, 4) is 0 Å². The van der Waals surface area contributed by atoms with Crippen LogP contribution < -0.4 is 0 Å². The molecule has 0 saturated heterocycles. The smallest absolute Gasteiger partial charge is 0.200 e. The van der Waals surface area contributed by atoms with Crippen molar-refractivity contribution in [2.24, 2.45) is 0 Å². The summed E-state index contributed by atoms with van der Waals surface area (Å²) in [6.07, 6.45) is -6.28. The number of hydrogen-bond donors (Lipinski definition) is 0. The minimum Gasteiger partial charge on any atom is -0.200 e. The molecular formula is C7H5F10. The van der Waals surface area contributed by atoms with Gasteiger partial charge >= 0.3 is 30.1 Å². The van der Waals surface area contributed by atoms with E-state index < -0.39 is 36.5 Å². The first kappa shape index (κ1) is 16.3. The van der Waals surface area contributed by atoms with Gasteiger partial charge in [-0.2, -0.15) is 43.9 Å². The molecule has 103 valence electrons. The maximum absolute atomic E-state index is 12.5. The van der Waals surface area contributed by atoms with E-state index in [4.69, 9.17) is 0 Å². The highest BCUT2D eigenvalue weighted by molar-refractivity contribution is 5.08. The lowest BCUT2D eigenvalue weighted by Gasteiger charge is -2.35. The fourth-order valence-electron chi connectivity index (χ4n) is 0.768. The van der Waals surface area contributed by atoms with E-state index in [1.165, 1.54) is 0 Å². The first-order valence-corrected chi connectivity index (χ1v) is 3.95. The van der Waals surface area contributed by atoms with Crippen molar-refractivity contribution in [3.63, 3.8) is 0 Å². The number of hydrogen-bond acceptors (Lipinski definition) is 0. The summed E-state index contributed by atoms with van der Waals surface area (Å²) >= 11 is 0. The van der Waals surface area contributed by atoms with E-state index in [0.29, 0.717) is 6.92 Å². The Morgan fingerprint density at radius 1 is 0.765 bits per heavy atom. The Hall–Kier alpha value is -0.700. The van der Waals surface area contributed by atoms with Crippen LogP contribution in [0.5, 0.6) is 0 Å². The van der Waals surface area contributed by atoms with Crippen molar-refractivity contribution >= 4 is 0 Å². The summed E-state index contributed by atoms with van der Waals surface area (Å²) in [5.41, 5.74) is 0. The van der Waals surface area contributed by atoms with Gasteiger partial charge in [-0.15, -0.1) is 0 Å². The third-order valence-corrected chi connectivity index (χ3v) is 1.93. The number of halogens is 10. The molecule has 0 spiro atoms. The predicted octanol–water partition coefficient (Wildman–Crippen LogP) is 4.37. The van der Waals surface area contributed by atoms with Gasteiger partial charge in [0.2, 0.25) is 0 Å². The molecule has 10 heteroatoms. The lowest BCUT2D eigenvalue weighted by atomic mass is 9.97. The highest BCUT2D eigenvalue weighted by Gasteiger charge is 2.82. The second-order valence-corrected chi connectivity index (χ2v) is 3.04. The van der Waals surface area contributed by atoms with E-state index in [-0.39, 0.29) is 0 Å². The molecule has 17 heavy (non-hydrogen) atoms. The minimum atomic E-state index is -6.90. The molecule has 0 N–H and O–H groups in total. The summed E-state index contributed by atoms with van der Waals surface area (Å²) in [6, 6.07) is 0. The highest BCUT2D eigenvalue weighted by Crippen LogP contribution is 2.56. The van der Waals surface area contributed by atoms with Crippen molar-refractivity contribution in [2.45, 2.75) is 37.0 Å². The Morgan fingerprint density at radius 2 is 1.12 bits per heavy atom. The monoisotopic (exact) mass is 279 g/mol. The average molecular weight is 279 g/mol. The molecule has 0 rings (SSSR count). The SMILES string of the molecule is CCC(F)(F)C(F)(F)C(F)(F)C(F)(F)[C](F)F. The molecule has 0 aliphatic rings. The first-order chi connectivity index (χ1) is 7.25. The fourth-order valence-corrected chi connectivity index (χ4v) is 0.768. The van der Waals surface area contributed by atoms with Crippen LogP contribution in [0.3, 0.4) is 0 Å². The lowest BCUT2D eigenvalue weighted by molar-refractivity contribution is -0.370. The molecule has 0 atom stereocenters. The molecule has 0 unspecified atom stereocenters. The Bertz CT molecular complexity index is 268. The highest BCUT2D eigenvalue weighted by atomic mass is 19.4. The van der Waals surface area contributed by atoms with E-state index in [9.17, 15) is 43.9 Å². The first-order valence-electron chi connectivity index (χ1n) is 3.95. The quantitative estimate of drug-likeness (QED) is 0.656. The molecule has 1 radical (unpaired) electrons. The molecule has 0 bridgehead atoms. The summed E-state index contributed by atoms with van der Waals surface area (Å²) in [5, 5.41) is 0. The van der Waals surface area contributed by atoms with Gasteiger partial charge in [-0.3, -0.25) is 0 Å². The van der Waals surface area contributed by atoms with Crippen LogP contribution in [0, 0.1) is 6.43 Å². The van der Waals surface area contributed by atoms with E-state index in [1.54, 1.807) is 0 Å². The molecule has 0 aromatic rings. The Balaban J connectivity index is 5.61. The Morgan fingerprint density at radius 3 is 1.35 bits per heavy atom. The second-order valence-electron chi connectivity index (χ2n) is 3.04. The predicted molar refractivity (Wildman–Crippen MR) is 35.5 cm³/mol. The van der Waals surface area contributed by atoms with Crippen molar-refractivity contribution in [3.05, 3.63) is 6.43 Å². The van der Waals surface area contributed by atoms with Gasteiger partial charge in [-0.1, -0.05) is 6.92 Å². The summed E-state index contributed by atoms with van der Waals surface area (Å²) in [6.45, 7) is 0.317. The van der Waals surface area contributed by atoms with E-state index >= 15 is 0 Å². The van der Waals surface area contributed by atoms with Crippen LogP contribution in [-0.2, 0) is 0 Å². The van der Waals surface area contributed by atoms with Crippen LogP contribution in [-0.4, -0.2) is 23.7 Å². The van der Waals surface area contributed by atoms with E-state index in [1.807, 2.05) is 0 Å². The van der Waals surface area contributed by atoms with Crippen molar-refractivity contribution in [1.82, 2.24) is 0 Å².